The van der Waals surface area contributed by atoms with Crippen molar-refractivity contribution in [3.05, 3.63) is 49.1 Å². The Morgan fingerprint density at radius 2 is 1.01 bits per heavy atom. The Kier molecular flexibility index (Phi) is 13.4. The standard InChI is InChI=1S/C42H58N18O8/c1-57-15-23(45-17-57)9-11-43-39-53-35(29-37(55-39)59(19-47-29)27-13-25(31(61)33(27)63)51-41(65)67-3)49-21-5-7-22(8-6-21)50-36-30-38(56-40(54-36)44-12-10-24-16-58(2)18-46-24)60(20-48-30)28-14-26(32(62)34(28)64)52-42(66)68-4/h15-22,25-28,31-34,61-64H,5-14H2,1-4H3,(H,51,65)(H,52,66)(H2,43,49,53,55)(H2,44,50,54,56)/t21-,22-,25-,26-,27+,28+,31+,32+,33-,34-/m0/s1. The molecular formula is C42H58N18O8. The number of aliphatic hydroxyl groups is 4. The summed E-state index contributed by atoms with van der Waals surface area (Å²) in [6.07, 6.45) is 8.82. The number of aryl methyl sites for hydroxylation is 2. The molecule has 0 spiro atoms. The monoisotopic (exact) mass is 942 g/mol. The van der Waals surface area contributed by atoms with Crippen LogP contribution in [-0.2, 0) is 36.4 Å². The molecule has 6 aromatic rings. The van der Waals surface area contributed by atoms with Gasteiger partial charge in [0.25, 0.3) is 0 Å². The van der Waals surface area contributed by atoms with E-state index in [2.05, 4.69) is 41.9 Å². The highest BCUT2D eigenvalue weighted by Crippen LogP contribution is 2.37. The van der Waals surface area contributed by atoms with Crippen LogP contribution in [0.4, 0.5) is 33.1 Å². The number of ether oxygens (including phenoxy) is 2. The van der Waals surface area contributed by atoms with E-state index in [0.717, 1.165) is 37.1 Å². The van der Waals surface area contributed by atoms with E-state index < -0.39 is 60.8 Å². The molecule has 0 aromatic carbocycles. The van der Waals surface area contributed by atoms with Crippen LogP contribution < -0.4 is 31.9 Å². The number of methoxy groups -OCH3 is 2. The van der Waals surface area contributed by atoms with Crippen LogP contribution in [0.15, 0.2) is 37.7 Å². The molecule has 6 aromatic heterocycles. The van der Waals surface area contributed by atoms with Gasteiger partial charge in [-0.3, -0.25) is 0 Å². The van der Waals surface area contributed by atoms with E-state index in [4.69, 9.17) is 39.4 Å². The molecule has 0 unspecified atom stereocenters. The number of hydrogen-bond donors (Lipinski definition) is 10. The Hall–Kier alpha value is -6.90. The number of anilines is 4. The first-order valence-corrected chi connectivity index (χ1v) is 22.7. The summed E-state index contributed by atoms with van der Waals surface area (Å²) in [5.41, 5.74) is 3.67. The lowest BCUT2D eigenvalue weighted by Gasteiger charge is -2.30. The van der Waals surface area contributed by atoms with E-state index in [0.29, 0.717) is 71.8 Å². The quantitative estimate of drug-likeness (QED) is 0.0626. The molecule has 10 N–H and O–H groups in total. The van der Waals surface area contributed by atoms with Crippen molar-refractivity contribution >= 4 is 58.0 Å². The molecule has 26 nitrogen and oxygen atoms in total. The van der Waals surface area contributed by atoms with E-state index in [-0.39, 0.29) is 24.9 Å². The predicted octanol–water partition coefficient (Wildman–Crippen LogP) is 0.360. The molecular weight excluding hydrogens is 885 g/mol. The second kappa shape index (κ2) is 19.7. The summed E-state index contributed by atoms with van der Waals surface area (Å²) in [5.74, 6) is 1.71. The number of nitrogens with zero attached hydrogens (tertiary/aromatic N) is 12. The van der Waals surface area contributed by atoms with Crippen LogP contribution in [0.5, 0.6) is 0 Å². The molecule has 3 fully saturated rings. The summed E-state index contributed by atoms with van der Waals surface area (Å²) >= 11 is 0. The van der Waals surface area contributed by atoms with Crippen molar-refractivity contribution in [1.82, 2.24) is 68.8 Å². The Balaban J connectivity index is 0.926. The summed E-state index contributed by atoms with van der Waals surface area (Å²) < 4.78 is 16.7. The number of amides is 2. The average molecular weight is 943 g/mol. The van der Waals surface area contributed by atoms with Gasteiger partial charge in [0.05, 0.1) is 75.1 Å². The molecule has 0 saturated heterocycles. The fraction of sp³-hybridized carbons (Fsp3) is 0.571. The van der Waals surface area contributed by atoms with Gasteiger partial charge in [-0.2, -0.15) is 19.9 Å². The number of nitrogens with one attached hydrogen (secondary N) is 6. The molecule has 2 amide bonds. The minimum atomic E-state index is -1.25. The van der Waals surface area contributed by atoms with Crippen LogP contribution >= 0.6 is 0 Å². The minimum absolute atomic E-state index is 0.000440. The largest absolute Gasteiger partial charge is 0.453 e. The van der Waals surface area contributed by atoms with Crippen LogP contribution in [0, 0.1) is 0 Å². The Labute approximate surface area is 389 Å². The number of alkyl carbamates (subject to hydrolysis) is 2. The van der Waals surface area contributed by atoms with Gasteiger partial charge in [0.2, 0.25) is 11.9 Å². The predicted molar refractivity (Wildman–Crippen MR) is 245 cm³/mol. The lowest BCUT2D eigenvalue weighted by Crippen LogP contribution is -2.43. The number of fused-ring (bicyclic) bond motifs is 2. The molecule has 0 bridgehead atoms. The highest BCUT2D eigenvalue weighted by molar-refractivity contribution is 5.85. The maximum absolute atomic E-state index is 12.0. The van der Waals surface area contributed by atoms with Gasteiger partial charge < -0.3 is 80.1 Å². The number of carbonyl (C=O) groups excluding carboxylic acids is 2. The molecule has 8 atom stereocenters. The first-order valence-electron chi connectivity index (χ1n) is 22.7. The van der Waals surface area contributed by atoms with E-state index in [1.807, 2.05) is 35.6 Å². The third-order valence-electron chi connectivity index (χ3n) is 13.1. The van der Waals surface area contributed by atoms with Crippen LogP contribution in [0.1, 0.15) is 62.0 Å². The number of aliphatic hydroxyl groups excluding tert-OH is 4. The average Bonchev–Trinajstić information content (AvgIpc) is 4.21. The Morgan fingerprint density at radius 1 is 0.603 bits per heavy atom. The van der Waals surface area contributed by atoms with Crippen molar-refractivity contribution in [1.29, 1.82) is 0 Å². The number of carbonyl (C=O) groups is 2. The van der Waals surface area contributed by atoms with Crippen LogP contribution in [0.3, 0.4) is 0 Å². The molecule has 3 saturated carbocycles. The van der Waals surface area contributed by atoms with Gasteiger partial charge in [-0.1, -0.05) is 0 Å². The third kappa shape index (κ3) is 9.74. The normalized spacial score (nSPS) is 25.9. The molecule has 0 radical (unpaired) electrons. The van der Waals surface area contributed by atoms with Crippen molar-refractivity contribution in [3.63, 3.8) is 0 Å². The molecule has 3 aliphatic carbocycles. The number of imidazole rings is 4. The van der Waals surface area contributed by atoms with Gasteiger partial charge in [-0.15, -0.1) is 0 Å². The van der Waals surface area contributed by atoms with Gasteiger partial charge in [0.15, 0.2) is 34.0 Å². The van der Waals surface area contributed by atoms with E-state index in [1.165, 1.54) is 14.2 Å². The second-order valence-electron chi connectivity index (χ2n) is 17.7. The fourth-order valence-corrected chi connectivity index (χ4v) is 9.52. The molecule has 364 valence electrons. The molecule has 9 rings (SSSR count). The summed E-state index contributed by atoms with van der Waals surface area (Å²) in [6.45, 7) is 0.990. The summed E-state index contributed by atoms with van der Waals surface area (Å²) in [4.78, 5) is 61.7. The summed E-state index contributed by atoms with van der Waals surface area (Å²) in [5, 5.41) is 63.3. The third-order valence-corrected chi connectivity index (χ3v) is 13.1. The van der Waals surface area contributed by atoms with Crippen molar-refractivity contribution in [2.75, 3.05) is 48.6 Å². The smallest absolute Gasteiger partial charge is 0.407 e. The maximum Gasteiger partial charge on any atom is 0.407 e. The van der Waals surface area contributed by atoms with E-state index in [1.54, 1.807) is 34.4 Å². The fourth-order valence-electron chi connectivity index (χ4n) is 9.52. The van der Waals surface area contributed by atoms with Crippen LogP contribution in [0.2, 0.25) is 0 Å². The molecule has 6 heterocycles. The van der Waals surface area contributed by atoms with Gasteiger partial charge >= 0.3 is 12.2 Å². The Morgan fingerprint density at radius 3 is 1.38 bits per heavy atom. The number of aromatic nitrogens is 12. The zero-order valence-electron chi connectivity index (χ0n) is 38.1. The van der Waals surface area contributed by atoms with Gasteiger partial charge in [0.1, 0.15) is 24.4 Å². The molecule has 26 heteroatoms. The number of hydrogen-bond acceptors (Lipinski definition) is 20. The maximum atomic E-state index is 12.0. The highest BCUT2D eigenvalue weighted by Gasteiger charge is 2.45. The van der Waals surface area contributed by atoms with Crippen LogP contribution in [0.25, 0.3) is 22.3 Å². The van der Waals surface area contributed by atoms with Crippen molar-refractivity contribution < 1.29 is 39.5 Å². The zero-order chi connectivity index (χ0) is 47.6. The van der Waals surface area contributed by atoms with E-state index in [9.17, 15) is 30.0 Å². The zero-order valence-corrected chi connectivity index (χ0v) is 38.1. The summed E-state index contributed by atoms with van der Waals surface area (Å²) in [7, 11) is 6.30. The van der Waals surface area contributed by atoms with Crippen molar-refractivity contribution in [2.24, 2.45) is 14.1 Å². The first-order chi connectivity index (χ1) is 32.8. The lowest BCUT2D eigenvalue weighted by atomic mass is 9.91. The minimum Gasteiger partial charge on any atom is -0.453 e. The SMILES string of the molecule is COC(=O)N[C@H]1C[C@@H](n2cnc3c(N[C@H]4CC[C@H](Nc5nc(NCCc6cn(C)cn6)nc6c5ncn6[C@@H]5C[C@H](NC(=O)OC)[C@@H](O)[C@H]5O)CC4)nc(NCCc4cn(C)cn4)nc32)[C@H](O)[C@@H]1O. The van der Waals surface area contributed by atoms with E-state index >= 15 is 0 Å². The molecule has 0 aliphatic heterocycles. The van der Waals surface area contributed by atoms with Gasteiger partial charge in [-0.05, 0) is 38.5 Å². The second-order valence-corrected chi connectivity index (χ2v) is 17.7. The van der Waals surface area contributed by atoms with Gasteiger partial charge in [-0.25, -0.2) is 29.5 Å². The van der Waals surface area contributed by atoms with Crippen LogP contribution in [-0.4, -0.2) is 167 Å². The number of rotatable bonds is 16. The first kappa shape index (κ1) is 46.2. The highest BCUT2D eigenvalue weighted by atomic mass is 16.5. The van der Waals surface area contributed by atoms with Crippen molar-refractivity contribution in [2.45, 2.75) is 112 Å². The topological polar surface area (TPSA) is 329 Å². The lowest BCUT2D eigenvalue weighted by molar-refractivity contribution is 0.0142. The van der Waals surface area contributed by atoms with Crippen molar-refractivity contribution in [3.8, 4) is 0 Å². The summed E-state index contributed by atoms with van der Waals surface area (Å²) in [6, 6.07) is -2.83. The van der Waals surface area contributed by atoms with Gasteiger partial charge in [0, 0.05) is 64.5 Å². The molecule has 68 heavy (non-hydrogen) atoms. The Bertz CT molecular complexity index is 2530. The molecule has 3 aliphatic rings.